The number of carbonyl (C=O) groups excluding carboxylic acids is 1. The molecular formula is C19H14F3N3O4. The van der Waals surface area contributed by atoms with Gasteiger partial charge in [0.05, 0.1) is 19.8 Å². The van der Waals surface area contributed by atoms with Crippen LogP contribution < -0.4 is 9.47 Å². The van der Waals surface area contributed by atoms with E-state index in [9.17, 15) is 18.0 Å². The van der Waals surface area contributed by atoms with Crippen molar-refractivity contribution in [1.29, 1.82) is 0 Å². The molecule has 0 atom stereocenters. The van der Waals surface area contributed by atoms with Gasteiger partial charge in [-0.05, 0) is 24.3 Å². The van der Waals surface area contributed by atoms with Crippen molar-refractivity contribution in [3.63, 3.8) is 0 Å². The largest absolute Gasteiger partial charge is 0.480 e. The Hall–Kier alpha value is -3.69. The predicted molar refractivity (Wildman–Crippen MR) is 94.7 cm³/mol. The number of benzene rings is 1. The number of aromatic nitrogens is 3. The van der Waals surface area contributed by atoms with Gasteiger partial charge in [-0.2, -0.15) is 23.1 Å². The molecule has 3 rings (SSSR count). The number of methoxy groups -OCH3 is 2. The molecule has 0 amide bonds. The van der Waals surface area contributed by atoms with E-state index in [0.717, 1.165) is 7.11 Å². The molecular weight excluding hydrogens is 391 g/mol. The molecule has 29 heavy (non-hydrogen) atoms. The zero-order chi connectivity index (χ0) is 21.0. The lowest BCUT2D eigenvalue weighted by atomic mass is 10.2. The SMILES string of the molecule is COC(=O)c1ccnc(-c2nc(OC)c(C(F)(F)F)c(Oc3ccccc3)n2)c1. The fourth-order valence-corrected chi connectivity index (χ4v) is 2.40. The summed E-state index contributed by atoms with van der Waals surface area (Å²) in [5.41, 5.74) is -1.10. The van der Waals surface area contributed by atoms with Crippen LogP contribution in [0.4, 0.5) is 13.2 Å². The number of hydrogen-bond donors (Lipinski definition) is 0. The minimum absolute atomic E-state index is 0.0397. The zero-order valence-corrected chi connectivity index (χ0v) is 15.2. The molecule has 0 radical (unpaired) electrons. The van der Waals surface area contributed by atoms with E-state index in [1.807, 2.05) is 0 Å². The molecule has 0 saturated heterocycles. The second-order valence-corrected chi connectivity index (χ2v) is 5.57. The molecule has 0 unspecified atom stereocenters. The van der Waals surface area contributed by atoms with E-state index in [2.05, 4.69) is 19.7 Å². The van der Waals surface area contributed by atoms with E-state index >= 15 is 0 Å². The van der Waals surface area contributed by atoms with Crippen LogP contribution in [0.5, 0.6) is 17.5 Å². The van der Waals surface area contributed by atoms with E-state index in [1.165, 1.54) is 37.6 Å². The van der Waals surface area contributed by atoms with Crippen LogP contribution in [-0.4, -0.2) is 35.1 Å². The minimum atomic E-state index is -4.84. The smallest absolute Gasteiger partial charge is 0.426 e. The Kier molecular flexibility index (Phi) is 5.62. The summed E-state index contributed by atoms with van der Waals surface area (Å²) in [4.78, 5) is 23.4. The number of ether oxygens (including phenoxy) is 3. The normalized spacial score (nSPS) is 11.1. The Morgan fingerprint density at radius 1 is 1.00 bits per heavy atom. The zero-order valence-electron chi connectivity index (χ0n) is 15.2. The first kappa shape index (κ1) is 20.1. The topological polar surface area (TPSA) is 83.4 Å². The number of carbonyl (C=O) groups is 1. The molecule has 0 spiro atoms. The average molecular weight is 405 g/mol. The lowest BCUT2D eigenvalue weighted by Crippen LogP contribution is -2.13. The van der Waals surface area contributed by atoms with Gasteiger partial charge in [-0.15, -0.1) is 0 Å². The van der Waals surface area contributed by atoms with Crippen LogP contribution in [0, 0.1) is 0 Å². The summed E-state index contributed by atoms with van der Waals surface area (Å²) in [5, 5.41) is 0. The highest BCUT2D eigenvalue weighted by Gasteiger charge is 2.41. The monoisotopic (exact) mass is 405 g/mol. The first-order valence-electron chi connectivity index (χ1n) is 8.14. The highest BCUT2D eigenvalue weighted by molar-refractivity contribution is 5.90. The third kappa shape index (κ3) is 4.42. The van der Waals surface area contributed by atoms with Crippen LogP contribution >= 0.6 is 0 Å². The van der Waals surface area contributed by atoms with Crippen molar-refractivity contribution in [3.8, 4) is 29.0 Å². The molecule has 2 heterocycles. The quantitative estimate of drug-likeness (QED) is 0.590. The third-order valence-corrected chi connectivity index (χ3v) is 3.69. The van der Waals surface area contributed by atoms with Crippen molar-refractivity contribution in [1.82, 2.24) is 15.0 Å². The van der Waals surface area contributed by atoms with Crippen LogP contribution in [0.25, 0.3) is 11.5 Å². The molecule has 1 aromatic carbocycles. The lowest BCUT2D eigenvalue weighted by Gasteiger charge is -2.16. The maximum Gasteiger partial charge on any atom is 0.426 e. The fourth-order valence-electron chi connectivity index (χ4n) is 2.40. The molecule has 2 aromatic heterocycles. The summed E-state index contributed by atoms with van der Waals surface area (Å²) in [5.74, 6) is -2.21. The van der Waals surface area contributed by atoms with Gasteiger partial charge in [-0.25, -0.2) is 4.79 Å². The number of hydrogen-bond acceptors (Lipinski definition) is 7. The van der Waals surface area contributed by atoms with E-state index in [1.54, 1.807) is 18.2 Å². The highest BCUT2D eigenvalue weighted by atomic mass is 19.4. The molecule has 7 nitrogen and oxygen atoms in total. The summed E-state index contributed by atoms with van der Waals surface area (Å²) in [6.07, 6.45) is -3.55. The second-order valence-electron chi connectivity index (χ2n) is 5.57. The maximum atomic E-state index is 13.6. The molecule has 0 fully saturated rings. The fraction of sp³-hybridized carbons (Fsp3) is 0.158. The number of nitrogens with zero attached hydrogens (tertiary/aromatic N) is 3. The number of para-hydroxylation sites is 1. The molecule has 150 valence electrons. The molecule has 0 aliphatic carbocycles. The van der Waals surface area contributed by atoms with Crippen molar-refractivity contribution in [3.05, 3.63) is 59.8 Å². The number of esters is 1. The number of halogens is 3. The Morgan fingerprint density at radius 3 is 2.31 bits per heavy atom. The molecule has 0 N–H and O–H groups in total. The van der Waals surface area contributed by atoms with Crippen molar-refractivity contribution < 1.29 is 32.2 Å². The van der Waals surface area contributed by atoms with E-state index < -0.39 is 29.5 Å². The Labute approximate surface area is 163 Å². The van der Waals surface area contributed by atoms with Crippen LogP contribution in [0.15, 0.2) is 48.7 Å². The number of pyridine rings is 1. The van der Waals surface area contributed by atoms with Gasteiger partial charge in [0.2, 0.25) is 11.8 Å². The van der Waals surface area contributed by atoms with Gasteiger partial charge in [-0.1, -0.05) is 18.2 Å². The van der Waals surface area contributed by atoms with Crippen molar-refractivity contribution in [2.75, 3.05) is 14.2 Å². The Balaban J connectivity index is 2.17. The van der Waals surface area contributed by atoms with E-state index in [4.69, 9.17) is 9.47 Å². The molecule has 0 saturated carbocycles. The van der Waals surface area contributed by atoms with Gasteiger partial charge in [0, 0.05) is 6.20 Å². The van der Waals surface area contributed by atoms with Crippen LogP contribution in [-0.2, 0) is 10.9 Å². The third-order valence-electron chi connectivity index (χ3n) is 3.69. The summed E-state index contributed by atoms with van der Waals surface area (Å²) in [7, 11) is 2.25. The van der Waals surface area contributed by atoms with Crippen LogP contribution in [0.3, 0.4) is 0 Å². The summed E-state index contributed by atoms with van der Waals surface area (Å²) in [6.45, 7) is 0. The van der Waals surface area contributed by atoms with E-state index in [-0.39, 0.29) is 22.8 Å². The van der Waals surface area contributed by atoms with E-state index in [0.29, 0.717) is 0 Å². The average Bonchev–Trinajstić information content (AvgIpc) is 2.72. The Bertz CT molecular complexity index is 1030. The molecule has 10 heteroatoms. The second kappa shape index (κ2) is 8.13. The first-order valence-corrected chi connectivity index (χ1v) is 8.14. The number of alkyl halides is 3. The molecule has 0 aliphatic rings. The van der Waals surface area contributed by atoms with Gasteiger partial charge in [0.1, 0.15) is 11.4 Å². The minimum Gasteiger partial charge on any atom is -0.480 e. The van der Waals surface area contributed by atoms with Gasteiger partial charge >= 0.3 is 12.1 Å². The first-order chi connectivity index (χ1) is 13.8. The number of rotatable bonds is 5. The van der Waals surface area contributed by atoms with Gasteiger partial charge in [0.15, 0.2) is 11.4 Å². The summed E-state index contributed by atoms with van der Waals surface area (Å²) < 4.78 is 55.7. The summed E-state index contributed by atoms with van der Waals surface area (Å²) >= 11 is 0. The predicted octanol–water partition coefficient (Wildman–Crippen LogP) is 4.14. The molecule has 3 aromatic rings. The molecule has 0 aliphatic heterocycles. The maximum absolute atomic E-state index is 13.6. The highest BCUT2D eigenvalue weighted by Crippen LogP contribution is 2.42. The molecule has 0 bridgehead atoms. The van der Waals surface area contributed by atoms with Gasteiger partial charge in [0.25, 0.3) is 0 Å². The van der Waals surface area contributed by atoms with Crippen LogP contribution in [0.1, 0.15) is 15.9 Å². The standard InChI is InChI=1S/C19H14F3N3O4/c1-27-16-14(19(20,21)22)17(29-12-6-4-3-5-7-12)25-15(24-16)13-10-11(8-9-23-13)18(26)28-2/h3-10H,1-2H3. The summed E-state index contributed by atoms with van der Waals surface area (Å²) in [6, 6.07) is 10.5. The lowest BCUT2D eigenvalue weighted by molar-refractivity contribution is -0.140. The van der Waals surface area contributed by atoms with Crippen molar-refractivity contribution in [2.24, 2.45) is 0 Å². The van der Waals surface area contributed by atoms with Crippen molar-refractivity contribution in [2.45, 2.75) is 6.18 Å². The van der Waals surface area contributed by atoms with Gasteiger partial charge in [-0.3, -0.25) is 4.98 Å². The Morgan fingerprint density at radius 2 is 1.69 bits per heavy atom. The van der Waals surface area contributed by atoms with Gasteiger partial charge < -0.3 is 14.2 Å². The van der Waals surface area contributed by atoms with Crippen molar-refractivity contribution >= 4 is 5.97 Å². The van der Waals surface area contributed by atoms with Crippen LogP contribution in [0.2, 0.25) is 0 Å².